The summed E-state index contributed by atoms with van der Waals surface area (Å²) in [5, 5.41) is 0.807. The van der Waals surface area contributed by atoms with E-state index in [2.05, 4.69) is 11.9 Å². The zero-order chi connectivity index (χ0) is 18.8. The van der Waals surface area contributed by atoms with Crippen LogP contribution in [0, 0.1) is 0 Å². The van der Waals surface area contributed by atoms with E-state index in [9.17, 15) is 9.59 Å². The maximum Gasteiger partial charge on any atom is 0.265 e. The summed E-state index contributed by atoms with van der Waals surface area (Å²) in [6, 6.07) is 15.4. The molecule has 1 atom stereocenters. The Morgan fingerprint density at radius 2 is 1.96 bits per heavy atom. The van der Waals surface area contributed by atoms with Gasteiger partial charge < -0.3 is 4.90 Å². The Morgan fingerprint density at radius 1 is 1.15 bits per heavy atom. The van der Waals surface area contributed by atoms with Crippen molar-refractivity contribution in [3.8, 4) is 0 Å². The van der Waals surface area contributed by atoms with Crippen molar-refractivity contribution in [3.05, 3.63) is 76.2 Å². The first-order valence-electron chi connectivity index (χ1n) is 9.48. The van der Waals surface area contributed by atoms with E-state index < -0.39 is 0 Å². The van der Waals surface area contributed by atoms with Crippen LogP contribution in [0.1, 0.15) is 42.1 Å². The summed E-state index contributed by atoms with van der Waals surface area (Å²) in [6.07, 6.45) is 4.78. The minimum Gasteiger partial charge on any atom is -0.336 e. The molecule has 4 rings (SSSR count). The zero-order valence-corrected chi connectivity index (χ0v) is 15.5. The van der Waals surface area contributed by atoms with E-state index >= 15 is 0 Å². The molecule has 1 fully saturated rings. The van der Waals surface area contributed by atoms with Gasteiger partial charge in [0.1, 0.15) is 11.2 Å². The highest BCUT2D eigenvalue weighted by molar-refractivity contribution is 5.97. The van der Waals surface area contributed by atoms with Crippen LogP contribution in [0.25, 0.3) is 11.0 Å². The van der Waals surface area contributed by atoms with Gasteiger partial charge in [0.25, 0.3) is 11.5 Å². The highest BCUT2D eigenvalue weighted by Gasteiger charge is 2.27. The van der Waals surface area contributed by atoms with Crippen LogP contribution in [0.4, 0.5) is 0 Å². The van der Waals surface area contributed by atoms with Crippen molar-refractivity contribution in [1.82, 2.24) is 14.5 Å². The van der Waals surface area contributed by atoms with Crippen molar-refractivity contribution in [2.75, 3.05) is 6.54 Å². The van der Waals surface area contributed by atoms with Gasteiger partial charge in [-0.3, -0.25) is 14.2 Å². The number of likely N-dealkylation sites (tertiary alicyclic amines) is 1. The predicted octanol–water partition coefficient (Wildman–Crippen LogP) is 3.46. The lowest BCUT2D eigenvalue weighted by Crippen LogP contribution is -2.44. The quantitative estimate of drug-likeness (QED) is 0.718. The van der Waals surface area contributed by atoms with Crippen molar-refractivity contribution < 1.29 is 4.79 Å². The molecule has 2 aromatic heterocycles. The van der Waals surface area contributed by atoms with Gasteiger partial charge in [0.05, 0.1) is 6.54 Å². The maximum absolute atomic E-state index is 13.3. The number of carbonyl (C=O) groups is 1. The second-order valence-corrected chi connectivity index (χ2v) is 7.19. The summed E-state index contributed by atoms with van der Waals surface area (Å²) in [7, 11) is 0. The molecular formula is C22H23N3O2. The van der Waals surface area contributed by atoms with Crippen molar-refractivity contribution in [1.29, 1.82) is 0 Å². The van der Waals surface area contributed by atoms with Crippen LogP contribution in [-0.2, 0) is 6.54 Å². The van der Waals surface area contributed by atoms with Crippen LogP contribution in [0.3, 0.4) is 0 Å². The lowest BCUT2D eigenvalue weighted by molar-refractivity contribution is 0.0633. The molecule has 1 aliphatic rings. The van der Waals surface area contributed by atoms with Crippen molar-refractivity contribution in [2.24, 2.45) is 0 Å². The Bertz CT molecular complexity index is 1030. The van der Waals surface area contributed by atoms with E-state index in [1.165, 1.54) is 0 Å². The lowest BCUT2D eigenvalue weighted by Gasteiger charge is -2.33. The number of hydrogen-bond acceptors (Lipinski definition) is 3. The summed E-state index contributed by atoms with van der Waals surface area (Å²) < 4.78 is 1.62. The number of rotatable bonds is 3. The van der Waals surface area contributed by atoms with E-state index in [4.69, 9.17) is 0 Å². The van der Waals surface area contributed by atoms with Gasteiger partial charge in [-0.05, 0) is 49.9 Å². The van der Waals surface area contributed by atoms with E-state index in [1.54, 1.807) is 16.8 Å². The van der Waals surface area contributed by atoms with Gasteiger partial charge in [-0.1, -0.05) is 30.3 Å². The minimum atomic E-state index is -0.271. The smallest absolute Gasteiger partial charge is 0.265 e. The molecule has 0 aliphatic carbocycles. The topological polar surface area (TPSA) is 55.2 Å². The molecular weight excluding hydrogens is 338 g/mol. The van der Waals surface area contributed by atoms with Crippen LogP contribution < -0.4 is 5.56 Å². The molecule has 0 spiro atoms. The third-order valence-corrected chi connectivity index (χ3v) is 5.33. The Balaban J connectivity index is 1.83. The summed E-state index contributed by atoms with van der Waals surface area (Å²) in [5.74, 6) is -0.167. The van der Waals surface area contributed by atoms with Crippen LogP contribution >= 0.6 is 0 Å². The van der Waals surface area contributed by atoms with Crippen LogP contribution in [0.15, 0.2) is 59.5 Å². The Kier molecular flexibility index (Phi) is 4.75. The SMILES string of the molecule is CC1CCCCN1C(=O)c1cc2cccnc2n(Cc2ccccc2)c1=O. The van der Waals surface area contributed by atoms with Gasteiger partial charge in [0, 0.05) is 24.2 Å². The second-order valence-electron chi connectivity index (χ2n) is 7.19. The predicted molar refractivity (Wildman–Crippen MR) is 106 cm³/mol. The molecule has 5 heteroatoms. The summed E-state index contributed by atoms with van der Waals surface area (Å²) in [4.78, 5) is 32.7. The fourth-order valence-corrected chi connectivity index (χ4v) is 3.83. The number of pyridine rings is 2. The van der Waals surface area contributed by atoms with Gasteiger partial charge in [0.15, 0.2) is 0 Å². The molecule has 0 saturated carbocycles. The summed E-state index contributed by atoms with van der Waals surface area (Å²) >= 11 is 0. The molecule has 1 unspecified atom stereocenters. The standard InChI is InChI=1S/C22H23N3O2/c1-16-8-5-6-13-24(16)21(26)19-14-18-11-7-12-23-20(18)25(22(19)27)15-17-9-3-2-4-10-17/h2-4,7,9-12,14,16H,5-6,8,13,15H2,1H3. The Morgan fingerprint density at radius 3 is 2.74 bits per heavy atom. The molecule has 1 amide bonds. The largest absolute Gasteiger partial charge is 0.336 e. The van der Waals surface area contributed by atoms with Gasteiger partial charge >= 0.3 is 0 Å². The molecule has 138 valence electrons. The van der Waals surface area contributed by atoms with Crippen molar-refractivity contribution in [2.45, 2.75) is 38.8 Å². The fraction of sp³-hybridized carbons (Fsp3) is 0.318. The second kappa shape index (κ2) is 7.35. The van der Waals surface area contributed by atoms with Gasteiger partial charge in [-0.25, -0.2) is 4.98 Å². The molecule has 0 bridgehead atoms. The number of fused-ring (bicyclic) bond motifs is 1. The molecule has 1 saturated heterocycles. The highest BCUT2D eigenvalue weighted by atomic mass is 16.2. The third-order valence-electron chi connectivity index (χ3n) is 5.33. The van der Waals surface area contributed by atoms with Gasteiger partial charge in [0.2, 0.25) is 0 Å². The number of amides is 1. The summed E-state index contributed by atoms with van der Waals surface area (Å²) in [6.45, 7) is 3.16. The molecule has 1 aliphatic heterocycles. The molecule has 27 heavy (non-hydrogen) atoms. The van der Waals surface area contributed by atoms with E-state index in [1.807, 2.05) is 47.4 Å². The van der Waals surface area contributed by atoms with E-state index in [0.717, 1.165) is 30.2 Å². The van der Waals surface area contributed by atoms with Crippen molar-refractivity contribution >= 4 is 16.9 Å². The molecule has 3 aromatic rings. The number of benzene rings is 1. The minimum absolute atomic E-state index is 0.165. The van der Waals surface area contributed by atoms with Gasteiger partial charge in [-0.2, -0.15) is 0 Å². The normalized spacial score (nSPS) is 17.2. The highest BCUT2D eigenvalue weighted by Crippen LogP contribution is 2.20. The number of piperidine rings is 1. The number of hydrogen-bond donors (Lipinski definition) is 0. The molecule has 0 N–H and O–H groups in total. The fourth-order valence-electron chi connectivity index (χ4n) is 3.83. The first-order valence-corrected chi connectivity index (χ1v) is 9.48. The van der Waals surface area contributed by atoms with Crippen molar-refractivity contribution in [3.63, 3.8) is 0 Å². The van der Waals surface area contributed by atoms with Crippen LogP contribution in [-0.4, -0.2) is 32.9 Å². The van der Waals surface area contributed by atoms with Gasteiger partial charge in [-0.15, -0.1) is 0 Å². The van der Waals surface area contributed by atoms with Crippen LogP contribution in [0.2, 0.25) is 0 Å². The molecule has 5 nitrogen and oxygen atoms in total. The first-order chi connectivity index (χ1) is 13.1. The Hall–Kier alpha value is -2.95. The molecule has 0 radical (unpaired) electrons. The van der Waals surface area contributed by atoms with E-state index in [0.29, 0.717) is 18.7 Å². The number of carbonyl (C=O) groups excluding carboxylic acids is 1. The first kappa shape index (κ1) is 17.5. The summed E-state index contributed by atoms with van der Waals surface area (Å²) in [5.41, 5.74) is 1.57. The molecule has 1 aromatic carbocycles. The number of aromatic nitrogens is 2. The van der Waals surface area contributed by atoms with E-state index in [-0.39, 0.29) is 23.1 Å². The number of nitrogens with zero attached hydrogens (tertiary/aromatic N) is 3. The Labute approximate surface area is 158 Å². The van der Waals surface area contributed by atoms with Crippen LogP contribution in [0.5, 0.6) is 0 Å². The molecule has 3 heterocycles. The monoisotopic (exact) mass is 361 g/mol. The third kappa shape index (κ3) is 3.37. The average molecular weight is 361 g/mol. The zero-order valence-electron chi connectivity index (χ0n) is 15.5. The average Bonchev–Trinajstić information content (AvgIpc) is 2.70. The maximum atomic E-state index is 13.3. The lowest BCUT2D eigenvalue weighted by atomic mass is 10.0.